The Morgan fingerprint density at radius 2 is 1.97 bits per heavy atom. The lowest BCUT2D eigenvalue weighted by molar-refractivity contribution is -0.0367. The summed E-state index contributed by atoms with van der Waals surface area (Å²) in [5, 5.41) is 9.37. The Bertz CT molecular complexity index is 1390. The van der Waals surface area contributed by atoms with Crippen molar-refractivity contribution in [3.8, 4) is 0 Å². The van der Waals surface area contributed by atoms with Crippen LogP contribution in [0.3, 0.4) is 0 Å². The number of hydrogen-bond donors (Lipinski definition) is 1. The van der Waals surface area contributed by atoms with Crippen LogP contribution in [0.25, 0.3) is 23.1 Å². The first kappa shape index (κ1) is 22.8. The minimum atomic E-state index is -0.391. The topological polar surface area (TPSA) is 78.3 Å². The van der Waals surface area contributed by atoms with Crippen molar-refractivity contribution in [3.05, 3.63) is 83.3 Å². The highest BCUT2D eigenvalue weighted by Crippen LogP contribution is 2.35. The van der Waals surface area contributed by atoms with E-state index in [0.29, 0.717) is 11.3 Å². The molecule has 1 atom stereocenters. The number of benzene rings is 2. The lowest BCUT2D eigenvalue weighted by atomic mass is 10.1. The molecule has 2 aromatic carbocycles. The zero-order valence-electron chi connectivity index (χ0n) is 19.9. The van der Waals surface area contributed by atoms with Gasteiger partial charge in [-0.1, -0.05) is 18.2 Å². The van der Waals surface area contributed by atoms with E-state index in [1.807, 2.05) is 66.2 Å². The van der Waals surface area contributed by atoms with E-state index < -0.39 is 5.97 Å². The van der Waals surface area contributed by atoms with Gasteiger partial charge in [0.05, 0.1) is 46.3 Å². The van der Waals surface area contributed by atoms with Crippen molar-refractivity contribution in [2.75, 3.05) is 19.0 Å². The predicted molar refractivity (Wildman–Crippen MR) is 138 cm³/mol. The van der Waals surface area contributed by atoms with Gasteiger partial charge in [-0.05, 0) is 80.3 Å². The minimum absolute atomic E-state index is 0.108. The first-order valence-corrected chi connectivity index (χ1v) is 11.8. The molecule has 1 unspecified atom stereocenters. The van der Waals surface area contributed by atoms with Crippen LogP contribution in [0.15, 0.2) is 60.8 Å². The van der Waals surface area contributed by atoms with Gasteiger partial charge in [0.2, 0.25) is 0 Å². The lowest BCUT2D eigenvalue weighted by Crippen LogP contribution is -2.19. The fourth-order valence-electron chi connectivity index (χ4n) is 4.42. The van der Waals surface area contributed by atoms with Gasteiger partial charge >= 0.3 is 5.97 Å². The monoisotopic (exact) mass is 468 g/mol. The second-order valence-corrected chi connectivity index (χ2v) is 8.60. The van der Waals surface area contributed by atoms with E-state index in [2.05, 4.69) is 16.4 Å². The van der Waals surface area contributed by atoms with Crippen LogP contribution in [0.1, 0.15) is 52.8 Å². The number of carbonyl (C=O) groups excluding carboxylic acids is 1. The summed E-state index contributed by atoms with van der Waals surface area (Å²) in [5.74, 6) is -0.391. The van der Waals surface area contributed by atoms with Crippen molar-refractivity contribution >= 4 is 40.4 Å². The minimum Gasteiger partial charge on any atom is -0.465 e. The molecule has 0 bridgehead atoms. The maximum Gasteiger partial charge on any atom is 0.339 e. The van der Waals surface area contributed by atoms with Gasteiger partial charge in [0.15, 0.2) is 6.23 Å². The van der Waals surface area contributed by atoms with Crippen LogP contribution in [0.5, 0.6) is 0 Å². The molecular formula is C28H28N4O3. The van der Waals surface area contributed by atoms with Crippen molar-refractivity contribution in [1.29, 1.82) is 0 Å². The molecule has 1 fully saturated rings. The fraction of sp³-hybridized carbons (Fsp3) is 0.250. The number of esters is 1. The summed E-state index contributed by atoms with van der Waals surface area (Å²) in [6.07, 6.45) is 8.75. The number of ether oxygens (including phenoxy) is 2. The molecule has 5 rings (SSSR count). The molecule has 7 heteroatoms. The van der Waals surface area contributed by atoms with Crippen LogP contribution >= 0.6 is 0 Å². The second-order valence-electron chi connectivity index (χ2n) is 8.60. The molecule has 1 aliphatic heterocycles. The van der Waals surface area contributed by atoms with Crippen LogP contribution in [0, 0.1) is 6.92 Å². The van der Waals surface area contributed by atoms with Gasteiger partial charge in [0.1, 0.15) is 0 Å². The number of aryl methyl sites for hydroxylation is 1. The number of para-hydroxylation sites is 1. The average Bonchev–Trinajstić information content (AvgIpc) is 3.27. The molecule has 0 spiro atoms. The van der Waals surface area contributed by atoms with Gasteiger partial charge < -0.3 is 14.8 Å². The molecule has 0 aliphatic carbocycles. The van der Waals surface area contributed by atoms with Crippen molar-refractivity contribution in [2.45, 2.75) is 32.4 Å². The quantitative estimate of drug-likeness (QED) is 0.343. The molecule has 0 radical (unpaired) electrons. The first-order valence-electron chi connectivity index (χ1n) is 11.8. The third-order valence-corrected chi connectivity index (χ3v) is 6.14. The number of carbonyl (C=O) groups is 1. The van der Waals surface area contributed by atoms with E-state index in [-0.39, 0.29) is 6.23 Å². The van der Waals surface area contributed by atoms with Crippen molar-refractivity contribution in [3.63, 3.8) is 0 Å². The fourth-order valence-corrected chi connectivity index (χ4v) is 4.42. The normalized spacial score (nSPS) is 16.0. The number of fused-ring (bicyclic) bond motifs is 1. The number of rotatable bonds is 6. The van der Waals surface area contributed by atoms with Crippen LogP contribution in [0.2, 0.25) is 0 Å². The smallest absolute Gasteiger partial charge is 0.339 e. The molecule has 2 aromatic heterocycles. The molecular weight excluding hydrogens is 440 g/mol. The summed E-state index contributed by atoms with van der Waals surface area (Å²) >= 11 is 0. The molecule has 1 aliphatic rings. The van der Waals surface area contributed by atoms with Crippen molar-refractivity contribution in [2.24, 2.45) is 0 Å². The largest absolute Gasteiger partial charge is 0.465 e. The van der Waals surface area contributed by atoms with Gasteiger partial charge in [-0.25, -0.2) is 9.48 Å². The number of pyridine rings is 1. The number of aromatic nitrogens is 3. The van der Waals surface area contributed by atoms with Crippen LogP contribution < -0.4 is 5.32 Å². The summed E-state index contributed by atoms with van der Waals surface area (Å²) in [6.45, 7) is 2.78. The number of nitrogens with zero attached hydrogens (tertiary/aromatic N) is 3. The zero-order chi connectivity index (χ0) is 24.2. The Labute approximate surface area is 204 Å². The second kappa shape index (κ2) is 10.1. The van der Waals surface area contributed by atoms with E-state index in [1.54, 1.807) is 12.3 Å². The van der Waals surface area contributed by atoms with Gasteiger partial charge in [0.25, 0.3) is 0 Å². The summed E-state index contributed by atoms with van der Waals surface area (Å²) in [5.41, 5.74) is 5.76. The predicted octanol–water partition coefficient (Wildman–Crippen LogP) is 6.14. The summed E-state index contributed by atoms with van der Waals surface area (Å²) in [7, 11) is 1.39. The number of methoxy groups -OCH3 is 1. The summed E-state index contributed by atoms with van der Waals surface area (Å²) in [6, 6.07) is 17.4. The SMILES string of the molecule is COC(=O)c1ccccc1Nc1cccc2c1c(C=Cc1cc(C)ccn1)nn2C1CCCCO1. The molecule has 1 N–H and O–H groups in total. The molecule has 7 nitrogen and oxygen atoms in total. The molecule has 178 valence electrons. The highest BCUT2D eigenvalue weighted by molar-refractivity contribution is 6.02. The highest BCUT2D eigenvalue weighted by Gasteiger charge is 2.22. The number of hydrogen-bond acceptors (Lipinski definition) is 6. The maximum absolute atomic E-state index is 12.3. The maximum atomic E-state index is 12.3. The standard InChI is InChI=1S/C28H28N4O3/c1-19-15-16-29-20(18-19)13-14-24-27-23(30-22-9-4-3-8-21(22)28(33)34-2)10-7-11-25(27)32(31-24)26-12-5-6-17-35-26/h3-4,7-11,13-16,18,26,30H,5-6,12,17H2,1-2H3. The third kappa shape index (κ3) is 4.81. The Hall–Kier alpha value is -3.97. The van der Waals surface area contributed by atoms with Gasteiger partial charge in [-0.3, -0.25) is 4.98 Å². The van der Waals surface area contributed by atoms with E-state index in [9.17, 15) is 4.79 Å². The van der Waals surface area contributed by atoms with Crippen LogP contribution in [-0.2, 0) is 9.47 Å². The Kier molecular flexibility index (Phi) is 6.59. The van der Waals surface area contributed by atoms with E-state index in [1.165, 1.54) is 7.11 Å². The summed E-state index contributed by atoms with van der Waals surface area (Å²) < 4.78 is 13.0. The Balaban J connectivity index is 1.62. The van der Waals surface area contributed by atoms with Crippen molar-refractivity contribution < 1.29 is 14.3 Å². The van der Waals surface area contributed by atoms with Gasteiger partial charge in [0, 0.05) is 12.8 Å². The van der Waals surface area contributed by atoms with Crippen LogP contribution in [-0.4, -0.2) is 34.5 Å². The molecule has 0 saturated carbocycles. The molecule has 0 amide bonds. The Morgan fingerprint density at radius 1 is 1.11 bits per heavy atom. The van der Waals surface area contributed by atoms with Crippen LogP contribution in [0.4, 0.5) is 11.4 Å². The average molecular weight is 469 g/mol. The first-order chi connectivity index (χ1) is 17.1. The number of nitrogens with one attached hydrogen (secondary N) is 1. The number of anilines is 2. The van der Waals surface area contributed by atoms with Crippen molar-refractivity contribution in [1.82, 2.24) is 14.8 Å². The van der Waals surface area contributed by atoms with Gasteiger partial charge in [-0.2, -0.15) is 5.10 Å². The van der Waals surface area contributed by atoms with E-state index in [0.717, 1.165) is 59.4 Å². The Morgan fingerprint density at radius 3 is 2.77 bits per heavy atom. The zero-order valence-corrected chi connectivity index (χ0v) is 19.9. The van der Waals surface area contributed by atoms with E-state index in [4.69, 9.17) is 14.6 Å². The molecule has 1 saturated heterocycles. The molecule has 35 heavy (non-hydrogen) atoms. The lowest BCUT2D eigenvalue weighted by Gasteiger charge is -2.23. The molecule has 4 aromatic rings. The highest BCUT2D eigenvalue weighted by atomic mass is 16.5. The van der Waals surface area contributed by atoms with E-state index >= 15 is 0 Å². The van der Waals surface area contributed by atoms with Gasteiger partial charge in [-0.15, -0.1) is 0 Å². The summed E-state index contributed by atoms with van der Waals surface area (Å²) in [4.78, 5) is 16.8. The molecule has 3 heterocycles. The third-order valence-electron chi connectivity index (χ3n) is 6.14.